The van der Waals surface area contributed by atoms with E-state index < -0.39 is 5.97 Å². The van der Waals surface area contributed by atoms with Crippen LogP contribution in [0.3, 0.4) is 0 Å². The maximum absolute atomic E-state index is 11.1. The SMILES string of the molecule is O=CCC#Cc1c(C(=O)O)[nH]c2ccccc12. The first-order chi connectivity index (χ1) is 8.24. The second kappa shape index (κ2) is 4.54. The number of rotatable bonds is 2. The Balaban J connectivity index is 2.65. The summed E-state index contributed by atoms with van der Waals surface area (Å²) in [5.74, 6) is 4.29. The Kier molecular flexibility index (Phi) is 2.93. The first-order valence-corrected chi connectivity index (χ1v) is 5.00. The van der Waals surface area contributed by atoms with E-state index in [1.165, 1.54) is 0 Å². The molecule has 1 heterocycles. The molecule has 1 aromatic heterocycles. The van der Waals surface area contributed by atoms with Crippen molar-refractivity contribution in [3.05, 3.63) is 35.5 Å². The van der Waals surface area contributed by atoms with Crippen molar-refractivity contribution in [2.24, 2.45) is 0 Å². The van der Waals surface area contributed by atoms with Crippen molar-refractivity contribution < 1.29 is 14.7 Å². The summed E-state index contributed by atoms with van der Waals surface area (Å²) < 4.78 is 0. The number of carbonyl (C=O) groups is 2. The molecule has 4 nitrogen and oxygen atoms in total. The van der Waals surface area contributed by atoms with Crippen LogP contribution in [-0.2, 0) is 4.79 Å². The molecule has 0 fully saturated rings. The van der Waals surface area contributed by atoms with Crippen molar-refractivity contribution in [3.8, 4) is 11.8 Å². The first kappa shape index (κ1) is 11.0. The minimum absolute atomic E-state index is 0.0598. The van der Waals surface area contributed by atoms with Gasteiger partial charge in [-0.3, -0.25) is 0 Å². The molecule has 2 N–H and O–H groups in total. The van der Waals surface area contributed by atoms with Crippen molar-refractivity contribution in [1.29, 1.82) is 0 Å². The van der Waals surface area contributed by atoms with Crippen LogP contribution in [-0.4, -0.2) is 22.3 Å². The van der Waals surface area contributed by atoms with Crippen molar-refractivity contribution in [2.75, 3.05) is 0 Å². The maximum Gasteiger partial charge on any atom is 0.353 e. The predicted molar refractivity (Wildman–Crippen MR) is 62.8 cm³/mol. The Morgan fingerprint density at radius 3 is 2.88 bits per heavy atom. The van der Waals surface area contributed by atoms with Crippen LogP contribution in [0.25, 0.3) is 10.9 Å². The molecule has 0 bridgehead atoms. The fourth-order valence-electron chi connectivity index (χ4n) is 1.61. The number of aromatic amines is 1. The van der Waals surface area contributed by atoms with Crippen molar-refractivity contribution in [1.82, 2.24) is 4.98 Å². The van der Waals surface area contributed by atoms with E-state index in [1.54, 1.807) is 12.1 Å². The Bertz CT molecular complexity index is 643. The highest BCUT2D eigenvalue weighted by Crippen LogP contribution is 2.21. The predicted octanol–water partition coefficient (Wildman–Crippen LogP) is 1.81. The van der Waals surface area contributed by atoms with Gasteiger partial charge in [0, 0.05) is 10.9 Å². The Hall–Kier alpha value is -2.54. The third-order valence-electron chi connectivity index (χ3n) is 2.32. The third-order valence-corrected chi connectivity index (χ3v) is 2.32. The zero-order valence-electron chi connectivity index (χ0n) is 8.86. The molecule has 0 spiro atoms. The van der Waals surface area contributed by atoms with Gasteiger partial charge in [-0.05, 0) is 6.07 Å². The molecule has 17 heavy (non-hydrogen) atoms. The van der Waals surface area contributed by atoms with Crippen LogP contribution < -0.4 is 0 Å². The molecular formula is C13H9NO3. The third kappa shape index (κ3) is 2.04. The van der Waals surface area contributed by atoms with Crippen LogP contribution in [0.15, 0.2) is 24.3 Å². The quantitative estimate of drug-likeness (QED) is 0.607. The first-order valence-electron chi connectivity index (χ1n) is 5.00. The number of H-pyrrole nitrogens is 1. The van der Waals surface area contributed by atoms with E-state index in [0.29, 0.717) is 11.8 Å². The second-order valence-corrected chi connectivity index (χ2v) is 3.40. The second-order valence-electron chi connectivity index (χ2n) is 3.40. The van der Waals surface area contributed by atoms with Gasteiger partial charge in [0.1, 0.15) is 12.0 Å². The number of para-hydroxylation sites is 1. The Morgan fingerprint density at radius 1 is 1.41 bits per heavy atom. The molecule has 0 amide bonds. The van der Waals surface area contributed by atoms with Crippen LogP contribution in [0.4, 0.5) is 0 Å². The molecular weight excluding hydrogens is 218 g/mol. The molecule has 2 aromatic rings. The lowest BCUT2D eigenvalue weighted by Crippen LogP contribution is -1.98. The molecule has 2 rings (SSSR count). The summed E-state index contributed by atoms with van der Waals surface area (Å²) in [7, 11) is 0. The van der Waals surface area contributed by atoms with E-state index in [9.17, 15) is 9.59 Å². The number of fused-ring (bicyclic) bond motifs is 1. The molecule has 0 unspecified atom stereocenters. The number of carboxylic acid groups (broad SMARTS) is 1. The maximum atomic E-state index is 11.1. The molecule has 0 atom stereocenters. The number of benzene rings is 1. The fraction of sp³-hybridized carbons (Fsp3) is 0.0769. The summed E-state index contributed by atoms with van der Waals surface area (Å²) in [5.41, 5.74) is 1.21. The van der Waals surface area contributed by atoms with Crippen LogP contribution in [0, 0.1) is 11.8 Å². The molecule has 0 aliphatic rings. The average molecular weight is 227 g/mol. The van der Waals surface area contributed by atoms with Gasteiger partial charge in [-0.25, -0.2) is 4.79 Å². The van der Waals surface area contributed by atoms with E-state index in [1.807, 2.05) is 12.1 Å². The fourth-order valence-corrected chi connectivity index (χ4v) is 1.61. The smallest absolute Gasteiger partial charge is 0.353 e. The summed E-state index contributed by atoms with van der Waals surface area (Å²) in [6, 6.07) is 7.20. The van der Waals surface area contributed by atoms with E-state index in [-0.39, 0.29) is 12.1 Å². The van der Waals surface area contributed by atoms with Crippen LogP contribution in [0.1, 0.15) is 22.5 Å². The number of nitrogens with one attached hydrogen (secondary N) is 1. The number of aromatic nitrogens is 1. The van der Waals surface area contributed by atoms with Crippen LogP contribution in [0.2, 0.25) is 0 Å². The molecule has 1 aromatic carbocycles. The molecule has 0 saturated carbocycles. The van der Waals surface area contributed by atoms with Crippen LogP contribution in [0.5, 0.6) is 0 Å². The van der Waals surface area contributed by atoms with Crippen molar-refractivity contribution in [2.45, 2.75) is 6.42 Å². The molecule has 0 aliphatic carbocycles. The summed E-state index contributed by atoms with van der Waals surface area (Å²) >= 11 is 0. The standard InChI is InChI=1S/C13H9NO3/c15-8-4-3-6-10-9-5-1-2-7-11(9)14-12(10)13(16)17/h1-2,5,7-8,14H,4H2,(H,16,17). The molecule has 0 radical (unpaired) electrons. The summed E-state index contributed by atoms with van der Waals surface area (Å²) in [6.45, 7) is 0. The number of carboxylic acids is 1. The molecule has 0 aliphatic heterocycles. The number of carbonyl (C=O) groups excluding carboxylic acids is 1. The van der Waals surface area contributed by atoms with E-state index in [0.717, 1.165) is 10.9 Å². The normalized spacial score (nSPS) is 9.65. The number of aldehydes is 1. The lowest BCUT2D eigenvalue weighted by atomic mass is 10.1. The minimum atomic E-state index is -1.06. The van der Waals surface area contributed by atoms with E-state index in [2.05, 4.69) is 16.8 Å². The Morgan fingerprint density at radius 2 is 2.18 bits per heavy atom. The highest BCUT2D eigenvalue weighted by molar-refractivity contribution is 5.99. The number of aromatic carboxylic acids is 1. The lowest BCUT2D eigenvalue weighted by molar-refractivity contribution is -0.107. The largest absolute Gasteiger partial charge is 0.477 e. The topological polar surface area (TPSA) is 70.2 Å². The van der Waals surface area contributed by atoms with Crippen molar-refractivity contribution >= 4 is 23.2 Å². The summed E-state index contributed by atoms with van der Waals surface area (Å²) in [5, 5.41) is 9.81. The summed E-state index contributed by atoms with van der Waals surface area (Å²) in [6.07, 6.45) is 0.779. The number of hydrogen-bond donors (Lipinski definition) is 2. The highest BCUT2D eigenvalue weighted by atomic mass is 16.4. The van der Waals surface area contributed by atoms with Gasteiger partial charge in [0.05, 0.1) is 12.0 Å². The van der Waals surface area contributed by atoms with Crippen molar-refractivity contribution in [3.63, 3.8) is 0 Å². The molecule has 4 heteroatoms. The van der Waals surface area contributed by atoms with Gasteiger partial charge in [0.25, 0.3) is 0 Å². The minimum Gasteiger partial charge on any atom is -0.477 e. The lowest BCUT2D eigenvalue weighted by Gasteiger charge is -1.90. The van der Waals surface area contributed by atoms with E-state index in [4.69, 9.17) is 5.11 Å². The van der Waals surface area contributed by atoms with Gasteiger partial charge in [0.15, 0.2) is 0 Å². The van der Waals surface area contributed by atoms with Gasteiger partial charge >= 0.3 is 5.97 Å². The highest BCUT2D eigenvalue weighted by Gasteiger charge is 2.14. The summed E-state index contributed by atoms with van der Waals surface area (Å²) in [4.78, 5) is 24.0. The van der Waals surface area contributed by atoms with Gasteiger partial charge in [-0.2, -0.15) is 0 Å². The molecule has 84 valence electrons. The van der Waals surface area contributed by atoms with E-state index >= 15 is 0 Å². The Labute approximate surface area is 97.3 Å². The van der Waals surface area contributed by atoms with Gasteiger partial charge < -0.3 is 14.9 Å². The zero-order valence-corrected chi connectivity index (χ0v) is 8.86. The molecule has 0 saturated heterocycles. The monoisotopic (exact) mass is 227 g/mol. The van der Waals surface area contributed by atoms with Gasteiger partial charge in [0.2, 0.25) is 0 Å². The van der Waals surface area contributed by atoms with Gasteiger partial charge in [-0.1, -0.05) is 30.0 Å². The van der Waals surface area contributed by atoms with Crippen LogP contribution >= 0.6 is 0 Å². The zero-order chi connectivity index (χ0) is 12.3. The average Bonchev–Trinajstić information content (AvgIpc) is 2.69. The number of hydrogen-bond acceptors (Lipinski definition) is 2. The van der Waals surface area contributed by atoms with Gasteiger partial charge in [-0.15, -0.1) is 0 Å².